The number of nitrogens with one attached hydrogen (secondary N) is 1. The molecule has 24 heavy (non-hydrogen) atoms. The lowest BCUT2D eigenvalue weighted by molar-refractivity contribution is -0.952. The number of rotatable bonds is 1. The summed E-state index contributed by atoms with van der Waals surface area (Å²) < 4.78 is 1.43. The van der Waals surface area contributed by atoms with E-state index in [2.05, 4.69) is 43.4 Å². The molecule has 5 aliphatic rings. The van der Waals surface area contributed by atoms with Gasteiger partial charge in [-0.25, -0.2) is 0 Å². The Morgan fingerprint density at radius 2 is 1.96 bits per heavy atom. The van der Waals surface area contributed by atoms with Gasteiger partial charge < -0.3 is 33.8 Å². The zero-order valence-electron chi connectivity index (χ0n) is 14.9. The van der Waals surface area contributed by atoms with Crippen molar-refractivity contribution < 1.29 is 28.5 Å². The SMILES string of the molecule is CC[N+]12CCCC34CCC5(Nc6ccccc6C5(CC1)C32)C4C.[I-]. The summed E-state index contributed by atoms with van der Waals surface area (Å²) in [6.07, 6.45) is 7.25. The molecule has 6 rings (SSSR count). The van der Waals surface area contributed by atoms with Crippen molar-refractivity contribution in [3.63, 3.8) is 0 Å². The fourth-order valence-electron chi connectivity index (χ4n) is 8.94. The van der Waals surface area contributed by atoms with Crippen molar-refractivity contribution in [3.8, 4) is 0 Å². The van der Waals surface area contributed by atoms with Crippen LogP contribution < -0.4 is 29.3 Å². The molecule has 2 bridgehead atoms. The van der Waals surface area contributed by atoms with Crippen LogP contribution in [0.25, 0.3) is 0 Å². The molecule has 6 atom stereocenters. The van der Waals surface area contributed by atoms with Crippen molar-refractivity contribution in [2.24, 2.45) is 11.3 Å². The van der Waals surface area contributed by atoms with Gasteiger partial charge in [0, 0.05) is 17.5 Å². The maximum Gasteiger partial charge on any atom is 0.107 e. The van der Waals surface area contributed by atoms with Gasteiger partial charge >= 0.3 is 0 Å². The molecular weight excluding hydrogens is 407 g/mol. The predicted octanol–water partition coefficient (Wildman–Crippen LogP) is 0.925. The zero-order chi connectivity index (χ0) is 15.5. The van der Waals surface area contributed by atoms with Crippen LogP contribution in [0.15, 0.2) is 24.3 Å². The van der Waals surface area contributed by atoms with Crippen LogP contribution in [-0.2, 0) is 5.41 Å². The lowest BCUT2D eigenvalue weighted by Crippen LogP contribution is -3.00. The molecule has 3 aliphatic heterocycles. The van der Waals surface area contributed by atoms with Crippen LogP contribution in [-0.4, -0.2) is 35.7 Å². The summed E-state index contributed by atoms with van der Waals surface area (Å²) in [5.41, 5.74) is 4.56. The monoisotopic (exact) mass is 436 g/mol. The largest absolute Gasteiger partial charge is 1.00 e. The fraction of sp³-hybridized carbons (Fsp3) is 0.714. The molecule has 1 aromatic carbocycles. The maximum absolute atomic E-state index is 4.15. The van der Waals surface area contributed by atoms with Crippen LogP contribution in [0.3, 0.4) is 0 Å². The molecule has 2 saturated heterocycles. The van der Waals surface area contributed by atoms with E-state index >= 15 is 0 Å². The number of halogens is 1. The van der Waals surface area contributed by atoms with Crippen LogP contribution in [0, 0.1) is 11.3 Å². The van der Waals surface area contributed by atoms with Crippen LogP contribution in [0.4, 0.5) is 5.69 Å². The normalized spacial score (nSPS) is 52.2. The number of hydrogen-bond donors (Lipinski definition) is 1. The van der Waals surface area contributed by atoms with Crippen LogP contribution in [0.5, 0.6) is 0 Å². The Morgan fingerprint density at radius 1 is 1.12 bits per heavy atom. The van der Waals surface area contributed by atoms with Gasteiger partial charge in [-0.3, -0.25) is 0 Å². The summed E-state index contributed by atoms with van der Waals surface area (Å²) in [6, 6.07) is 10.2. The van der Waals surface area contributed by atoms with E-state index in [1.54, 1.807) is 5.56 Å². The molecule has 130 valence electrons. The molecule has 1 N–H and O–H groups in total. The Balaban J connectivity index is 0.00000131. The van der Waals surface area contributed by atoms with E-state index in [9.17, 15) is 0 Å². The van der Waals surface area contributed by atoms with Gasteiger partial charge in [-0.2, -0.15) is 0 Å². The molecule has 2 nitrogen and oxygen atoms in total. The first-order chi connectivity index (χ1) is 11.2. The second-order valence-electron chi connectivity index (χ2n) is 9.31. The van der Waals surface area contributed by atoms with Crippen LogP contribution in [0.2, 0.25) is 0 Å². The van der Waals surface area contributed by atoms with Crippen molar-refractivity contribution in [2.75, 3.05) is 25.0 Å². The summed E-state index contributed by atoms with van der Waals surface area (Å²) in [7, 11) is 0. The number of nitrogens with zero attached hydrogens (tertiary/aromatic N) is 1. The highest BCUT2D eigenvalue weighted by molar-refractivity contribution is 5.69. The van der Waals surface area contributed by atoms with E-state index in [0.29, 0.717) is 16.4 Å². The maximum atomic E-state index is 4.15. The Labute approximate surface area is 163 Å². The van der Waals surface area contributed by atoms with Crippen molar-refractivity contribution >= 4 is 5.69 Å². The van der Waals surface area contributed by atoms with E-state index in [1.165, 1.54) is 61.9 Å². The Morgan fingerprint density at radius 3 is 2.79 bits per heavy atom. The molecule has 2 aliphatic carbocycles. The molecule has 3 spiro atoms. The minimum atomic E-state index is 0. The van der Waals surface area contributed by atoms with Gasteiger partial charge in [0.15, 0.2) is 0 Å². The highest BCUT2D eigenvalue weighted by Gasteiger charge is 2.86. The number of fused-ring (bicyclic) bond motifs is 1. The predicted molar refractivity (Wildman–Crippen MR) is 93.5 cm³/mol. The number of quaternary nitrogens is 1. The number of likely N-dealkylation sites (N-methyl/N-ethyl adjacent to an activating group) is 1. The summed E-state index contributed by atoms with van der Waals surface area (Å²) in [5, 5.41) is 4.15. The fourth-order valence-corrected chi connectivity index (χ4v) is 8.94. The van der Waals surface area contributed by atoms with Crippen molar-refractivity contribution in [2.45, 2.75) is 62.9 Å². The summed E-state index contributed by atoms with van der Waals surface area (Å²) in [6.45, 7) is 9.29. The summed E-state index contributed by atoms with van der Waals surface area (Å²) >= 11 is 0. The molecule has 4 fully saturated rings. The Hall–Kier alpha value is -0.290. The van der Waals surface area contributed by atoms with Gasteiger partial charge in [0.05, 0.1) is 30.6 Å². The van der Waals surface area contributed by atoms with E-state index in [1.807, 2.05) is 0 Å². The third-order valence-electron chi connectivity index (χ3n) is 9.53. The number of piperidine rings is 1. The molecule has 0 aromatic heterocycles. The van der Waals surface area contributed by atoms with Gasteiger partial charge in [-0.05, 0) is 50.2 Å². The topological polar surface area (TPSA) is 12.0 Å². The number of para-hydroxylation sites is 1. The molecular formula is C21H29IN2. The van der Waals surface area contributed by atoms with Gasteiger partial charge in [0.1, 0.15) is 6.04 Å². The van der Waals surface area contributed by atoms with Crippen molar-refractivity contribution in [1.29, 1.82) is 0 Å². The van der Waals surface area contributed by atoms with E-state index in [-0.39, 0.29) is 24.0 Å². The lowest BCUT2D eigenvalue weighted by Gasteiger charge is -2.55. The van der Waals surface area contributed by atoms with Gasteiger partial charge in [-0.15, -0.1) is 0 Å². The first-order valence-electron chi connectivity index (χ1n) is 9.89. The molecule has 3 heterocycles. The minimum absolute atomic E-state index is 0. The molecule has 6 unspecified atom stereocenters. The average molecular weight is 436 g/mol. The standard InChI is InChI=1S/C21H29N2.HI/c1-3-23-13-6-9-19-10-11-21(15(19)2)20(12-14-23,18(19)23)16-7-4-5-8-17(16)22-21;/h4-5,7-8,15,18,22H,3,6,9-14H2,1-2H3;1H/q+1;/p-1. The summed E-state index contributed by atoms with van der Waals surface area (Å²) in [4.78, 5) is 0. The van der Waals surface area contributed by atoms with Gasteiger partial charge in [0.2, 0.25) is 0 Å². The smallest absolute Gasteiger partial charge is 0.107 e. The highest BCUT2D eigenvalue weighted by Crippen LogP contribution is 2.79. The third-order valence-corrected chi connectivity index (χ3v) is 9.53. The molecule has 1 aromatic rings. The van der Waals surface area contributed by atoms with Crippen molar-refractivity contribution in [3.05, 3.63) is 29.8 Å². The lowest BCUT2D eigenvalue weighted by atomic mass is 9.59. The average Bonchev–Trinajstić information content (AvgIpc) is 3.23. The number of anilines is 1. The van der Waals surface area contributed by atoms with Crippen LogP contribution in [0.1, 0.15) is 51.5 Å². The Bertz CT molecular complexity index is 720. The minimum Gasteiger partial charge on any atom is -1.00 e. The second kappa shape index (κ2) is 4.51. The molecule has 2 saturated carbocycles. The van der Waals surface area contributed by atoms with Crippen LogP contribution >= 0.6 is 0 Å². The molecule has 0 radical (unpaired) electrons. The van der Waals surface area contributed by atoms with Crippen molar-refractivity contribution in [1.82, 2.24) is 0 Å². The molecule has 3 heteroatoms. The third kappa shape index (κ3) is 1.27. The zero-order valence-corrected chi connectivity index (χ0v) is 17.1. The Kier molecular flexibility index (Phi) is 2.99. The summed E-state index contributed by atoms with van der Waals surface area (Å²) in [5.74, 6) is 0.831. The number of hydrogen-bond acceptors (Lipinski definition) is 1. The van der Waals surface area contributed by atoms with E-state index in [4.69, 9.17) is 0 Å². The molecule has 0 amide bonds. The number of benzene rings is 1. The van der Waals surface area contributed by atoms with Gasteiger partial charge in [0.25, 0.3) is 0 Å². The first kappa shape index (κ1) is 15.9. The van der Waals surface area contributed by atoms with E-state index < -0.39 is 0 Å². The van der Waals surface area contributed by atoms with Gasteiger partial charge in [-0.1, -0.05) is 25.1 Å². The second-order valence-corrected chi connectivity index (χ2v) is 9.31. The van der Waals surface area contributed by atoms with E-state index in [0.717, 1.165) is 12.0 Å². The first-order valence-corrected chi connectivity index (χ1v) is 9.89. The quantitative estimate of drug-likeness (QED) is 0.510. The highest BCUT2D eigenvalue weighted by atomic mass is 127.